The number of hydrogen-bond acceptors (Lipinski definition) is 3. The van der Waals surface area contributed by atoms with Gasteiger partial charge in [-0.2, -0.15) is 0 Å². The average molecular weight is 191 g/mol. The minimum absolute atomic E-state index is 0.184. The van der Waals surface area contributed by atoms with E-state index >= 15 is 0 Å². The highest BCUT2D eigenvalue weighted by molar-refractivity contribution is 7.91. The van der Waals surface area contributed by atoms with Crippen LogP contribution < -0.4 is 5.73 Å². The van der Waals surface area contributed by atoms with Crippen molar-refractivity contribution in [3.05, 3.63) is 0 Å². The predicted molar refractivity (Wildman–Crippen MR) is 49.6 cm³/mol. The largest absolute Gasteiger partial charge is 0.328 e. The van der Waals surface area contributed by atoms with Crippen molar-refractivity contribution in [3.63, 3.8) is 0 Å². The van der Waals surface area contributed by atoms with E-state index in [1.54, 1.807) is 0 Å². The number of sulfone groups is 1. The van der Waals surface area contributed by atoms with Crippen LogP contribution >= 0.6 is 0 Å². The van der Waals surface area contributed by atoms with Gasteiger partial charge in [-0.05, 0) is 25.2 Å². The van der Waals surface area contributed by atoms with Gasteiger partial charge in [-0.25, -0.2) is 8.42 Å². The Labute approximate surface area is 74.3 Å². The normalized spacial score (nSPS) is 30.3. The lowest BCUT2D eigenvalue weighted by atomic mass is 9.99. The molecule has 0 aromatic carbocycles. The van der Waals surface area contributed by atoms with Gasteiger partial charge in [0.2, 0.25) is 0 Å². The highest BCUT2D eigenvalue weighted by atomic mass is 32.2. The molecular weight excluding hydrogens is 174 g/mol. The third-order valence-electron chi connectivity index (χ3n) is 2.49. The Bertz CT molecular complexity index is 235. The summed E-state index contributed by atoms with van der Waals surface area (Å²) in [5.41, 5.74) is 5.75. The summed E-state index contributed by atoms with van der Waals surface area (Å²) < 4.78 is 22.1. The van der Waals surface area contributed by atoms with E-state index in [2.05, 4.69) is 0 Å². The second-order valence-electron chi connectivity index (χ2n) is 3.67. The smallest absolute Gasteiger partial charge is 0.150 e. The third-order valence-corrected chi connectivity index (χ3v) is 4.32. The molecule has 1 aliphatic heterocycles. The van der Waals surface area contributed by atoms with Gasteiger partial charge in [0.1, 0.15) is 0 Å². The molecule has 0 saturated carbocycles. The zero-order valence-electron chi connectivity index (χ0n) is 7.49. The van der Waals surface area contributed by atoms with Crippen LogP contribution in [0.1, 0.15) is 26.2 Å². The molecule has 0 radical (unpaired) electrons. The Morgan fingerprint density at radius 3 is 2.67 bits per heavy atom. The number of rotatable bonds is 3. The van der Waals surface area contributed by atoms with E-state index in [9.17, 15) is 8.42 Å². The molecule has 4 heteroatoms. The Hall–Kier alpha value is -0.0900. The minimum atomic E-state index is -2.70. The Balaban J connectivity index is 2.38. The molecule has 2 atom stereocenters. The highest BCUT2D eigenvalue weighted by Crippen LogP contribution is 2.22. The summed E-state index contributed by atoms with van der Waals surface area (Å²) in [5.74, 6) is 1.05. The van der Waals surface area contributed by atoms with Gasteiger partial charge in [-0.1, -0.05) is 6.92 Å². The van der Waals surface area contributed by atoms with Gasteiger partial charge in [0.25, 0.3) is 0 Å². The van der Waals surface area contributed by atoms with Crippen molar-refractivity contribution in [2.45, 2.75) is 32.2 Å². The first kappa shape index (κ1) is 9.99. The monoisotopic (exact) mass is 191 g/mol. The van der Waals surface area contributed by atoms with E-state index in [-0.39, 0.29) is 6.04 Å². The minimum Gasteiger partial charge on any atom is -0.328 e. The molecule has 3 nitrogen and oxygen atoms in total. The molecule has 72 valence electrons. The van der Waals surface area contributed by atoms with E-state index in [0.717, 1.165) is 19.3 Å². The van der Waals surface area contributed by atoms with Gasteiger partial charge in [0.15, 0.2) is 9.84 Å². The summed E-state index contributed by atoms with van der Waals surface area (Å²) in [6, 6.07) is 0.184. The molecule has 2 N–H and O–H groups in total. The van der Waals surface area contributed by atoms with E-state index in [1.807, 2.05) is 6.92 Å². The fraction of sp³-hybridized carbons (Fsp3) is 1.00. The van der Waals surface area contributed by atoms with Crippen molar-refractivity contribution in [1.82, 2.24) is 0 Å². The van der Waals surface area contributed by atoms with Crippen molar-refractivity contribution >= 4 is 9.84 Å². The number of nitrogens with two attached hydrogens (primary N) is 1. The van der Waals surface area contributed by atoms with Crippen LogP contribution in [0.4, 0.5) is 0 Å². The van der Waals surface area contributed by atoms with Gasteiger partial charge in [-0.15, -0.1) is 0 Å². The molecule has 0 aromatic heterocycles. The van der Waals surface area contributed by atoms with Crippen LogP contribution in [0.5, 0.6) is 0 Å². The van der Waals surface area contributed by atoms with Gasteiger partial charge in [0.05, 0.1) is 11.5 Å². The fourth-order valence-corrected chi connectivity index (χ4v) is 3.53. The quantitative estimate of drug-likeness (QED) is 0.708. The Morgan fingerprint density at radius 2 is 2.25 bits per heavy atom. The molecule has 0 aliphatic carbocycles. The van der Waals surface area contributed by atoms with Gasteiger partial charge in [0, 0.05) is 6.04 Å². The van der Waals surface area contributed by atoms with E-state index in [1.165, 1.54) is 0 Å². The fourth-order valence-electron chi connectivity index (χ4n) is 1.65. The number of hydrogen-bond donors (Lipinski definition) is 1. The van der Waals surface area contributed by atoms with E-state index in [0.29, 0.717) is 17.4 Å². The lowest BCUT2D eigenvalue weighted by Crippen LogP contribution is -2.23. The second-order valence-corrected chi connectivity index (χ2v) is 5.90. The molecule has 0 spiro atoms. The van der Waals surface area contributed by atoms with Gasteiger partial charge >= 0.3 is 0 Å². The zero-order chi connectivity index (χ0) is 9.19. The van der Waals surface area contributed by atoms with Crippen LogP contribution in [0, 0.1) is 5.92 Å². The second kappa shape index (κ2) is 3.75. The molecule has 0 bridgehead atoms. The Kier molecular flexibility index (Phi) is 3.12. The maximum Gasteiger partial charge on any atom is 0.150 e. The lowest BCUT2D eigenvalue weighted by molar-refractivity contribution is 0.462. The summed E-state index contributed by atoms with van der Waals surface area (Å²) in [6.45, 7) is 2.04. The van der Waals surface area contributed by atoms with Crippen molar-refractivity contribution < 1.29 is 8.42 Å². The molecule has 1 aliphatic rings. The van der Waals surface area contributed by atoms with Crippen LogP contribution in [0.3, 0.4) is 0 Å². The van der Waals surface area contributed by atoms with Crippen molar-refractivity contribution in [1.29, 1.82) is 0 Å². The molecular formula is C8H17NO2S. The molecule has 0 aromatic rings. The maximum absolute atomic E-state index is 11.1. The predicted octanol–water partition coefficient (Wildman–Crippen LogP) is 0.548. The Morgan fingerprint density at radius 1 is 1.58 bits per heavy atom. The first-order valence-electron chi connectivity index (χ1n) is 4.49. The van der Waals surface area contributed by atoms with Crippen LogP contribution in [0.25, 0.3) is 0 Å². The van der Waals surface area contributed by atoms with Gasteiger partial charge in [-0.3, -0.25) is 0 Å². The zero-order valence-corrected chi connectivity index (χ0v) is 8.31. The first-order chi connectivity index (χ1) is 5.53. The topological polar surface area (TPSA) is 60.2 Å². The van der Waals surface area contributed by atoms with Crippen LogP contribution in [-0.4, -0.2) is 26.0 Å². The lowest BCUT2D eigenvalue weighted by Gasteiger charge is -2.12. The van der Waals surface area contributed by atoms with Crippen molar-refractivity contribution in [2.75, 3.05) is 11.5 Å². The van der Waals surface area contributed by atoms with Crippen LogP contribution in [0.2, 0.25) is 0 Å². The SMILES string of the molecule is CCC(N)CC1CCS(=O)(=O)C1. The summed E-state index contributed by atoms with van der Waals surface area (Å²) in [5, 5.41) is 0. The van der Waals surface area contributed by atoms with E-state index in [4.69, 9.17) is 5.73 Å². The molecule has 1 heterocycles. The van der Waals surface area contributed by atoms with Crippen molar-refractivity contribution in [2.24, 2.45) is 11.7 Å². The first-order valence-corrected chi connectivity index (χ1v) is 6.31. The third kappa shape index (κ3) is 2.75. The summed E-state index contributed by atoms with van der Waals surface area (Å²) >= 11 is 0. The van der Waals surface area contributed by atoms with E-state index < -0.39 is 9.84 Å². The highest BCUT2D eigenvalue weighted by Gasteiger charge is 2.28. The van der Waals surface area contributed by atoms with Crippen LogP contribution in [0.15, 0.2) is 0 Å². The molecule has 2 unspecified atom stereocenters. The maximum atomic E-state index is 11.1. The summed E-state index contributed by atoms with van der Waals surface area (Å²) in [6.07, 6.45) is 2.63. The van der Waals surface area contributed by atoms with Gasteiger partial charge < -0.3 is 5.73 Å². The molecule has 0 amide bonds. The molecule has 1 saturated heterocycles. The summed E-state index contributed by atoms with van der Waals surface area (Å²) in [7, 11) is -2.70. The summed E-state index contributed by atoms with van der Waals surface area (Å²) in [4.78, 5) is 0. The molecule has 1 rings (SSSR count). The molecule has 12 heavy (non-hydrogen) atoms. The standard InChI is InChI=1S/C8H17NO2S/c1-2-8(9)5-7-3-4-12(10,11)6-7/h7-8H,2-6,9H2,1H3. The molecule has 1 fully saturated rings. The van der Waals surface area contributed by atoms with Crippen LogP contribution in [-0.2, 0) is 9.84 Å². The average Bonchev–Trinajstić information content (AvgIpc) is 2.30. The van der Waals surface area contributed by atoms with Crippen molar-refractivity contribution in [3.8, 4) is 0 Å².